The molecule has 13 heavy (non-hydrogen) atoms. The van der Waals surface area contributed by atoms with Gasteiger partial charge in [-0.25, -0.2) is 0 Å². The smallest absolute Gasteiger partial charge is 0.0572 e. The average molecular weight is 187 g/mol. The minimum absolute atomic E-state index is 0.497. The fourth-order valence-corrected chi connectivity index (χ4v) is 1.84. The van der Waals surface area contributed by atoms with Crippen LogP contribution in [0.15, 0.2) is 0 Å². The van der Waals surface area contributed by atoms with E-state index in [9.17, 15) is 0 Å². The lowest BCUT2D eigenvalue weighted by molar-refractivity contribution is 0.0312. The molecule has 1 fully saturated rings. The molecule has 4 heteroatoms. The summed E-state index contributed by atoms with van der Waals surface area (Å²) in [6.45, 7) is 4.22. The second kappa shape index (κ2) is 6.32. The Labute approximate surface area is 80.4 Å². The molecular formula is C9H21N3O. The van der Waals surface area contributed by atoms with Gasteiger partial charge in [-0.3, -0.25) is 0 Å². The van der Waals surface area contributed by atoms with E-state index in [0.29, 0.717) is 6.04 Å². The van der Waals surface area contributed by atoms with Crippen molar-refractivity contribution in [1.82, 2.24) is 10.4 Å². The fraction of sp³-hybridized carbons (Fsp3) is 1.00. The largest absolute Gasteiger partial charge is 0.330 e. The van der Waals surface area contributed by atoms with Gasteiger partial charge in [0.2, 0.25) is 0 Å². The van der Waals surface area contributed by atoms with Crippen LogP contribution in [-0.2, 0) is 4.84 Å². The van der Waals surface area contributed by atoms with Crippen LogP contribution in [0.1, 0.15) is 19.3 Å². The van der Waals surface area contributed by atoms with E-state index in [1.54, 1.807) is 7.11 Å². The van der Waals surface area contributed by atoms with Gasteiger partial charge in [-0.05, 0) is 38.9 Å². The molecule has 1 aliphatic heterocycles. The highest BCUT2D eigenvalue weighted by Gasteiger charge is 2.18. The van der Waals surface area contributed by atoms with Crippen LogP contribution in [0.4, 0.5) is 0 Å². The molecule has 1 heterocycles. The van der Waals surface area contributed by atoms with E-state index in [4.69, 9.17) is 10.6 Å². The van der Waals surface area contributed by atoms with E-state index >= 15 is 0 Å². The number of nitrogens with two attached hydrogens (primary N) is 1. The second-order valence-corrected chi connectivity index (χ2v) is 3.60. The molecule has 1 rings (SSSR count). The Morgan fingerprint density at radius 1 is 1.62 bits per heavy atom. The van der Waals surface area contributed by atoms with Crippen molar-refractivity contribution in [3.05, 3.63) is 0 Å². The summed E-state index contributed by atoms with van der Waals surface area (Å²) < 4.78 is 0. The van der Waals surface area contributed by atoms with Crippen molar-refractivity contribution >= 4 is 0 Å². The van der Waals surface area contributed by atoms with Crippen LogP contribution in [0, 0.1) is 0 Å². The molecule has 0 aromatic heterocycles. The Kier molecular flexibility index (Phi) is 5.31. The Balaban J connectivity index is 2.16. The highest BCUT2D eigenvalue weighted by Crippen LogP contribution is 2.09. The highest BCUT2D eigenvalue weighted by atomic mass is 16.6. The molecule has 0 aromatic rings. The Bertz CT molecular complexity index is 130. The molecule has 1 unspecified atom stereocenters. The third kappa shape index (κ3) is 4.04. The standard InChI is InChI=1S/C9H21N3O/c1-13-11-9-4-2-6-12(8-9)7-3-5-10/h9,11H,2-8,10H2,1H3. The van der Waals surface area contributed by atoms with Gasteiger partial charge in [-0.15, -0.1) is 0 Å². The van der Waals surface area contributed by atoms with Gasteiger partial charge < -0.3 is 15.5 Å². The van der Waals surface area contributed by atoms with Crippen LogP contribution in [0.5, 0.6) is 0 Å². The third-order valence-electron chi connectivity index (χ3n) is 2.47. The van der Waals surface area contributed by atoms with E-state index < -0.39 is 0 Å². The number of hydrogen-bond acceptors (Lipinski definition) is 4. The summed E-state index contributed by atoms with van der Waals surface area (Å²) in [5.74, 6) is 0. The van der Waals surface area contributed by atoms with E-state index in [1.807, 2.05) is 0 Å². The predicted octanol–water partition coefficient (Wildman–Crippen LogP) is -0.0494. The first-order chi connectivity index (χ1) is 6.36. The van der Waals surface area contributed by atoms with Gasteiger partial charge in [-0.2, -0.15) is 5.48 Å². The normalized spacial score (nSPS) is 24.9. The van der Waals surface area contributed by atoms with Crippen molar-refractivity contribution in [2.24, 2.45) is 5.73 Å². The molecule has 1 saturated heterocycles. The van der Waals surface area contributed by atoms with E-state index in [1.165, 1.54) is 19.4 Å². The zero-order chi connectivity index (χ0) is 9.52. The van der Waals surface area contributed by atoms with Gasteiger partial charge in [0.25, 0.3) is 0 Å². The van der Waals surface area contributed by atoms with E-state index in [2.05, 4.69) is 10.4 Å². The lowest BCUT2D eigenvalue weighted by Crippen LogP contribution is -2.45. The van der Waals surface area contributed by atoms with Crippen LogP contribution >= 0.6 is 0 Å². The first-order valence-corrected chi connectivity index (χ1v) is 5.07. The summed E-state index contributed by atoms with van der Waals surface area (Å²) in [6, 6.07) is 0.497. The van der Waals surface area contributed by atoms with Crippen molar-refractivity contribution < 1.29 is 4.84 Å². The van der Waals surface area contributed by atoms with Gasteiger partial charge in [0, 0.05) is 12.6 Å². The summed E-state index contributed by atoms with van der Waals surface area (Å²) in [4.78, 5) is 7.38. The topological polar surface area (TPSA) is 50.5 Å². The summed E-state index contributed by atoms with van der Waals surface area (Å²) in [5, 5.41) is 0. The van der Waals surface area contributed by atoms with Crippen molar-refractivity contribution in [3.8, 4) is 0 Å². The molecule has 0 radical (unpaired) electrons. The molecule has 1 aliphatic rings. The van der Waals surface area contributed by atoms with Gasteiger partial charge in [0.15, 0.2) is 0 Å². The number of hydrogen-bond donors (Lipinski definition) is 2. The van der Waals surface area contributed by atoms with Crippen LogP contribution in [0.25, 0.3) is 0 Å². The maximum atomic E-state index is 5.47. The molecular weight excluding hydrogens is 166 g/mol. The average Bonchev–Trinajstić information content (AvgIpc) is 2.16. The lowest BCUT2D eigenvalue weighted by atomic mass is 10.1. The minimum atomic E-state index is 0.497. The third-order valence-corrected chi connectivity index (χ3v) is 2.47. The Morgan fingerprint density at radius 3 is 3.15 bits per heavy atom. The van der Waals surface area contributed by atoms with Crippen LogP contribution in [-0.4, -0.2) is 44.2 Å². The maximum Gasteiger partial charge on any atom is 0.0572 e. The van der Waals surface area contributed by atoms with Gasteiger partial charge in [0.1, 0.15) is 0 Å². The summed E-state index contributed by atoms with van der Waals surface area (Å²) in [5.41, 5.74) is 8.49. The summed E-state index contributed by atoms with van der Waals surface area (Å²) in [7, 11) is 1.68. The molecule has 0 bridgehead atoms. The molecule has 0 aliphatic carbocycles. The van der Waals surface area contributed by atoms with Crippen molar-refractivity contribution in [2.75, 3.05) is 33.3 Å². The zero-order valence-corrected chi connectivity index (χ0v) is 8.46. The number of nitrogens with zero attached hydrogens (tertiary/aromatic N) is 1. The molecule has 4 nitrogen and oxygen atoms in total. The Hall–Kier alpha value is -0.160. The highest BCUT2D eigenvalue weighted by molar-refractivity contribution is 4.75. The van der Waals surface area contributed by atoms with Crippen LogP contribution < -0.4 is 11.2 Å². The molecule has 0 amide bonds. The van der Waals surface area contributed by atoms with Crippen molar-refractivity contribution in [3.63, 3.8) is 0 Å². The van der Waals surface area contributed by atoms with Gasteiger partial charge >= 0.3 is 0 Å². The first-order valence-electron chi connectivity index (χ1n) is 5.07. The molecule has 3 N–H and O–H groups in total. The molecule has 1 atom stereocenters. The quantitative estimate of drug-likeness (QED) is 0.593. The molecule has 0 aromatic carbocycles. The zero-order valence-electron chi connectivity index (χ0n) is 8.46. The molecule has 78 valence electrons. The number of likely N-dealkylation sites (tertiary alicyclic amines) is 1. The monoisotopic (exact) mass is 187 g/mol. The molecule has 0 spiro atoms. The SMILES string of the molecule is CONC1CCCN(CCCN)C1. The minimum Gasteiger partial charge on any atom is -0.330 e. The van der Waals surface area contributed by atoms with Crippen LogP contribution in [0.2, 0.25) is 0 Å². The number of rotatable bonds is 5. The molecule has 0 saturated carbocycles. The lowest BCUT2D eigenvalue weighted by Gasteiger charge is -2.32. The van der Waals surface area contributed by atoms with E-state index in [0.717, 1.165) is 26.1 Å². The Morgan fingerprint density at radius 2 is 2.46 bits per heavy atom. The fourth-order valence-electron chi connectivity index (χ4n) is 1.84. The second-order valence-electron chi connectivity index (χ2n) is 3.60. The maximum absolute atomic E-state index is 5.47. The number of hydroxylamine groups is 1. The number of piperidine rings is 1. The van der Waals surface area contributed by atoms with Crippen LogP contribution in [0.3, 0.4) is 0 Å². The van der Waals surface area contributed by atoms with Crippen molar-refractivity contribution in [1.29, 1.82) is 0 Å². The predicted molar refractivity (Wildman–Crippen MR) is 53.3 cm³/mol. The van der Waals surface area contributed by atoms with E-state index in [-0.39, 0.29) is 0 Å². The van der Waals surface area contributed by atoms with Crippen molar-refractivity contribution in [2.45, 2.75) is 25.3 Å². The summed E-state index contributed by atoms with van der Waals surface area (Å²) >= 11 is 0. The summed E-state index contributed by atoms with van der Waals surface area (Å²) in [6.07, 6.45) is 3.57. The van der Waals surface area contributed by atoms with Gasteiger partial charge in [0.05, 0.1) is 7.11 Å². The first kappa shape index (κ1) is 10.9. The van der Waals surface area contributed by atoms with Gasteiger partial charge in [-0.1, -0.05) is 0 Å². The number of nitrogens with one attached hydrogen (secondary N) is 1.